The maximum atomic E-state index is 2.52. The van der Waals surface area contributed by atoms with Gasteiger partial charge in [-0.15, -0.1) is 0 Å². The first-order chi connectivity index (χ1) is 25.2. The van der Waals surface area contributed by atoms with E-state index in [0.29, 0.717) is 5.92 Å². The molecule has 0 saturated carbocycles. The summed E-state index contributed by atoms with van der Waals surface area (Å²) in [5.74, 6) is 0.444. The Morgan fingerprint density at radius 3 is 2.06 bits per heavy atom. The number of para-hydroxylation sites is 2. The van der Waals surface area contributed by atoms with Crippen LogP contribution in [0.1, 0.15) is 68.1 Å². The van der Waals surface area contributed by atoms with Crippen LogP contribution < -0.4 is 9.80 Å². The predicted octanol–water partition coefficient (Wildman–Crippen LogP) is 12.8. The second-order valence-corrected chi connectivity index (χ2v) is 14.6. The van der Waals surface area contributed by atoms with Crippen LogP contribution in [-0.4, -0.2) is 0 Å². The summed E-state index contributed by atoms with van der Waals surface area (Å²) in [4.78, 5) is 5.03. The minimum atomic E-state index is -0.106. The van der Waals surface area contributed by atoms with Gasteiger partial charge in [-0.25, -0.2) is 0 Å². The number of hydrogen-bond acceptors (Lipinski definition) is 2. The molecule has 51 heavy (non-hydrogen) atoms. The van der Waals surface area contributed by atoms with E-state index in [0.717, 1.165) is 38.5 Å². The molecule has 9 rings (SSSR count). The third kappa shape index (κ3) is 5.79. The van der Waals surface area contributed by atoms with Gasteiger partial charge in [-0.2, -0.15) is 0 Å². The minimum Gasteiger partial charge on any atom is -0.314 e. The van der Waals surface area contributed by atoms with Gasteiger partial charge in [0.05, 0.1) is 0 Å². The molecule has 2 atom stereocenters. The van der Waals surface area contributed by atoms with E-state index in [2.05, 4.69) is 187 Å². The number of fused-ring (bicyclic) bond motifs is 3. The van der Waals surface area contributed by atoms with E-state index in [-0.39, 0.29) is 5.41 Å². The molecule has 1 heterocycles. The summed E-state index contributed by atoms with van der Waals surface area (Å²) in [6.45, 7) is 2.43. The second-order valence-electron chi connectivity index (χ2n) is 14.6. The number of allylic oxidation sites excluding steroid dienone is 15. The first kappa shape index (κ1) is 31.4. The highest BCUT2D eigenvalue weighted by Crippen LogP contribution is 2.55. The van der Waals surface area contributed by atoms with Crippen LogP contribution >= 0.6 is 0 Å². The number of benzene rings is 4. The van der Waals surface area contributed by atoms with E-state index in [9.17, 15) is 0 Å². The molecule has 4 aliphatic carbocycles. The van der Waals surface area contributed by atoms with Crippen molar-refractivity contribution >= 4 is 22.6 Å². The lowest BCUT2D eigenvalue weighted by molar-refractivity contribution is 0.571. The quantitative estimate of drug-likeness (QED) is 0.195. The summed E-state index contributed by atoms with van der Waals surface area (Å²) in [7, 11) is 0. The van der Waals surface area contributed by atoms with Crippen molar-refractivity contribution in [3.8, 4) is 0 Å². The Hall–Kier alpha value is -5.60. The first-order valence-corrected chi connectivity index (χ1v) is 18.6. The van der Waals surface area contributed by atoms with Crippen LogP contribution in [0.15, 0.2) is 198 Å². The average Bonchev–Trinajstić information content (AvgIpc) is 3.47. The normalized spacial score (nSPS) is 22.1. The maximum absolute atomic E-state index is 2.52. The third-order valence-electron chi connectivity index (χ3n) is 11.5. The molecule has 4 aromatic rings. The van der Waals surface area contributed by atoms with Gasteiger partial charge in [0, 0.05) is 45.5 Å². The predicted molar refractivity (Wildman–Crippen MR) is 215 cm³/mol. The van der Waals surface area contributed by atoms with Gasteiger partial charge in [0.2, 0.25) is 0 Å². The Kier molecular flexibility index (Phi) is 8.16. The molecule has 250 valence electrons. The molecule has 0 spiro atoms. The van der Waals surface area contributed by atoms with E-state index >= 15 is 0 Å². The van der Waals surface area contributed by atoms with Crippen molar-refractivity contribution in [1.82, 2.24) is 0 Å². The lowest BCUT2D eigenvalue weighted by Gasteiger charge is -2.37. The summed E-state index contributed by atoms with van der Waals surface area (Å²) >= 11 is 0. The third-order valence-corrected chi connectivity index (χ3v) is 11.5. The van der Waals surface area contributed by atoms with Crippen molar-refractivity contribution in [3.05, 3.63) is 215 Å². The van der Waals surface area contributed by atoms with Gasteiger partial charge in [0.25, 0.3) is 0 Å². The van der Waals surface area contributed by atoms with Crippen molar-refractivity contribution < 1.29 is 0 Å². The van der Waals surface area contributed by atoms with Crippen LogP contribution in [0, 0.1) is 0 Å². The first-order valence-electron chi connectivity index (χ1n) is 18.6. The molecule has 1 aliphatic heterocycles. The molecule has 0 fully saturated rings. The van der Waals surface area contributed by atoms with E-state index in [1.54, 1.807) is 0 Å². The molecule has 0 radical (unpaired) electrons. The zero-order valence-corrected chi connectivity index (χ0v) is 29.4. The lowest BCUT2D eigenvalue weighted by atomic mass is 9.76. The van der Waals surface area contributed by atoms with Gasteiger partial charge < -0.3 is 9.80 Å². The molecule has 0 N–H and O–H groups in total. The Bertz CT molecular complexity index is 2200. The van der Waals surface area contributed by atoms with Gasteiger partial charge in [0.1, 0.15) is 0 Å². The maximum Gasteiger partial charge on any atom is 0.0500 e. The smallest absolute Gasteiger partial charge is 0.0500 e. The van der Waals surface area contributed by atoms with E-state index in [1.165, 1.54) is 67.6 Å². The molecule has 5 aliphatic rings. The molecule has 2 nitrogen and oxygen atoms in total. The van der Waals surface area contributed by atoms with Crippen LogP contribution in [0.5, 0.6) is 0 Å². The summed E-state index contributed by atoms with van der Waals surface area (Å²) in [6.07, 6.45) is 29.6. The Labute approximate surface area is 303 Å². The highest BCUT2D eigenvalue weighted by Gasteiger charge is 2.45. The fraction of sp³-hybridized carbons (Fsp3) is 0.184. The largest absolute Gasteiger partial charge is 0.314 e. The molecular weight excluding hydrogens is 617 g/mol. The van der Waals surface area contributed by atoms with Crippen LogP contribution in [0.25, 0.3) is 5.57 Å². The molecule has 0 saturated heterocycles. The Morgan fingerprint density at radius 1 is 0.667 bits per heavy atom. The standard InChI is InChI=1S/C49H44N2/c1-49-34-33-45(35-48(49)51(47-20-12-11-19-46(47)49)44-31-27-40(28-32-44)37-15-7-3-8-16-37)50(42-17-9-4-10-18-42)43-29-25-41(26-30-43)39-23-21-38(22-24-39)36-13-5-2-6-14-36/h2-15,17-21,23,25,27-29,31-33,35,37H,16,22,24,26,30,34H2,1H3/t37-,49?/m0/s1. The fourth-order valence-electron chi connectivity index (χ4n) is 8.66. The average molecular weight is 661 g/mol. The zero-order chi connectivity index (χ0) is 34.2. The summed E-state index contributed by atoms with van der Waals surface area (Å²) in [5.41, 5.74) is 16.0. The SMILES string of the molecule is CC12CC=C(N(C3=CC=C(C4=CC=C(c5ccccc5)CC4)CC3)c3ccccc3)C=C1N(c1ccc([C@H]3C=CC=CC3)cc1)c1ccccc12. The van der Waals surface area contributed by atoms with Crippen LogP contribution in [0.3, 0.4) is 0 Å². The van der Waals surface area contributed by atoms with Crippen molar-refractivity contribution in [1.29, 1.82) is 0 Å². The van der Waals surface area contributed by atoms with Gasteiger partial charge in [0.15, 0.2) is 0 Å². The Balaban J connectivity index is 1.06. The Morgan fingerprint density at radius 2 is 1.35 bits per heavy atom. The van der Waals surface area contributed by atoms with Gasteiger partial charge in [-0.05, 0) is 121 Å². The van der Waals surface area contributed by atoms with Crippen LogP contribution in [-0.2, 0) is 5.41 Å². The summed E-state index contributed by atoms with van der Waals surface area (Å²) < 4.78 is 0. The molecule has 4 aromatic carbocycles. The van der Waals surface area contributed by atoms with E-state index in [1.807, 2.05) is 0 Å². The molecule has 0 bridgehead atoms. The molecule has 1 unspecified atom stereocenters. The number of hydrogen-bond donors (Lipinski definition) is 0. The van der Waals surface area contributed by atoms with E-state index in [4.69, 9.17) is 0 Å². The van der Waals surface area contributed by atoms with Crippen molar-refractivity contribution in [2.24, 2.45) is 0 Å². The molecule has 0 aromatic heterocycles. The monoisotopic (exact) mass is 660 g/mol. The number of rotatable bonds is 7. The highest BCUT2D eigenvalue weighted by atomic mass is 15.2. The van der Waals surface area contributed by atoms with Crippen LogP contribution in [0.2, 0.25) is 0 Å². The van der Waals surface area contributed by atoms with Crippen LogP contribution in [0.4, 0.5) is 17.1 Å². The fourth-order valence-corrected chi connectivity index (χ4v) is 8.66. The van der Waals surface area contributed by atoms with Crippen molar-refractivity contribution in [2.75, 3.05) is 9.80 Å². The van der Waals surface area contributed by atoms with Crippen molar-refractivity contribution in [2.45, 2.75) is 56.8 Å². The molecular formula is C49H44N2. The number of anilines is 3. The second kappa shape index (κ2) is 13.3. The topological polar surface area (TPSA) is 6.48 Å². The van der Waals surface area contributed by atoms with Gasteiger partial charge >= 0.3 is 0 Å². The van der Waals surface area contributed by atoms with Crippen molar-refractivity contribution in [3.63, 3.8) is 0 Å². The lowest BCUT2D eigenvalue weighted by Crippen LogP contribution is -2.31. The highest BCUT2D eigenvalue weighted by molar-refractivity contribution is 5.82. The van der Waals surface area contributed by atoms with Gasteiger partial charge in [-0.1, -0.05) is 127 Å². The van der Waals surface area contributed by atoms with Gasteiger partial charge in [-0.3, -0.25) is 0 Å². The minimum absolute atomic E-state index is 0.106. The molecule has 2 heteroatoms. The zero-order valence-electron chi connectivity index (χ0n) is 29.4. The molecule has 0 amide bonds. The van der Waals surface area contributed by atoms with E-state index < -0.39 is 0 Å². The summed E-state index contributed by atoms with van der Waals surface area (Å²) in [5, 5.41) is 0. The summed E-state index contributed by atoms with van der Waals surface area (Å²) in [6, 6.07) is 40.1. The number of nitrogens with zero attached hydrogens (tertiary/aromatic N) is 2.